The molecule has 0 saturated heterocycles. The monoisotopic (exact) mass is 708 g/mol. The lowest BCUT2D eigenvalue weighted by Gasteiger charge is -2.23. The van der Waals surface area contributed by atoms with Crippen molar-refractivity contribution in [2.24, 2.45) is 0 Å². The lowest BCUT2D eigenvalue weighted by Crippen LogP contribution is -2.14. The highest BCUT2D eigenvalue weighted by Crippen LogP contribution is 2.54. The average molecular weight is 709 g/mol. The van der Waals surface area contributed by atoms with E-state index in [0.29, 0.717) is 0 Å². The van der Waals surface area contributed by atoms with Crippen LogP contribution in [0, 0.1) is 0 Å². The van der Waals surface area contributed by atoms with Gasteiger partial charge in [-0.2, -0.15) is 0 Å². The number of rotatable bonds is 2. The smallest absolute Gasteiger partial charge is 0.0540 e. The number of hydrogen-bond acceptors (Lipinski definition) is 2. The summed E-state index contributed by atoms with van der Waals surface area (Å²) in [4.78, 5) is 0. The number of hydrogen-bond donors (Lipinski definition) is 0. The molecule has 248 valence electrons. The predicted octanol–water partition coefficient (Wildman–Crippen LogP) is 15.5. The highest BCUT2D eigenvalue weighted by Gasteiger charge is 2.35. The summed E-state index contributed by atoms with van der Waals surface area (Å²) < 4.78 is 5.47. The van der Waals surface area contributed by atoms with Crippen LogP contribution in [0.5, 0.6) is 0 Å². The first-order valence-electron chi connectivity index (χ1n) is 18.4. The standard InChI is InChI=1S/C51H32S2/c1-51(2)42-21-11-9-15-32(42)33-24-23-31(26-43(33)51)46-34-16-5-7-18-36(34)47(37-19-8-6-17-35(37)46)41-28-40-39-25-29-13-3-4-14-30(29)27-45(39)53-49(40)50-48(41)38-20-10-12-22-44(38)52-50/h3-28H,1-2H3. The van der Waals surface area contributed by atoms with Gasteiger partial charge in [0.15, 0.2) is 0 Å². The SMILES string of the molecule is CC1(C)c2ccccc2-c2ccc(-c3c4ccccc4c(-c4cc5c6cc7ccccc7cc6sc5c5sc6ccccc6c45)c4ccccc34)cc21. The van der Waals surface area contributed by atoms with Crippen LogP contribution in [0.15, 0.2) is 158 Å². The molecule has 0 nitrogen and oxygen atoms in total. The van der Waals surface area contributed by atoms with Crippen LogP contribution in [0.4, 0.5) is 0 Å². The van der Waals surface area contributed by atoms with E-state index in [-0.39, 0.29) is 5.41 Å². The molecule has 0 spiro atoms. The summed E-state index contributed by atoms with van der Waals surface area (Å²) in [6, 6.07) is 59.6. The molecule has 0 N–H and O–H groups in total. The van der Waals surface area contributed by atoms with Crippen LogP contribution in [0.2, 0.25) is 0 Å². The van der Waals surface area contributed by atoms with Crippen LogP contribution in [0.3, 0.4) is 0 Å². The first kappa shape index (κ1) is 29.7. The van der Waals surface area contributed by atoms with E-state index in [1.54, 1.807) is 0 Å². The summed E-state index contributed by atoms with van der Waals surface area (Å²) in [7, 11) is 0. The molecule has 53 heavy (non-hydrogen) atoms. The molecule has 11 aromatic rings. The molecule has 12 rings (SSSR count). The first-order chi connectivity index (χ1) is 26.0. The molecule has 0 amide bonds. The highest BCUT2D eigenvalue weighted by atomic mass is 32.1. The Labute approximate surface area is 315 Å². The molecule has 0 fully saturated rings. The third-order valence-electron chi connectivity index (χ3n) is 12.0. The van der Waals surface area contributed by atoms with Gasteiger partial charge < -0.3 is 0 Å². The maximum absolute atomic E-state index is 2.54. The van der Waals surface area contributed by atoms with Gasteiger partial charge in [0.25, 0.3) is 0 Å². The molecule has 2 aromatic heterocycles. The topological polar surface area (TPSA) is 0 Å². The molecule has 0 atom stereocenters. The van der Waals surface area contributed by atoms with Crippen molar-refractivity contribution < 1.29 is 0 Å². The van der Waals surface area contributed by atoms with Gasteiger partial charge in [-0.3, -0.25) is 0 Å². The fraction of sp³-hybridized carbons (Fsp3) is 0.0588. The van der Waals surface area contributed by atoms with Crippen LogP contribution in [-0.4, -0.2) is 0 Å². The van der Waals surface area contributed by atoms with Gasteiger partial charge >= 0.3 is 0 Å². The zero-order valence-electron chi connectivity index (χ0n) is 29.3. The van der Waals surface area contributed by atoms with Crippen molar-refractivity contribution in [3.05, 3.63) is 169 Å². The second-order valence-electron chi connectivity index (χ2n) is 15.2. The largest absolute Gasteiger partial charge is 0.134 e. The second-order valence-corrected chi connectivity index (χ2v) is 17.3. The van der Waals surface area contributed by atoms with Gasteiger partial charge in [-0.05, 0) is 107 Å². The van der Waals surface area contributed by atoms with E-state index in [1.165, 1.54) is 117 Å². The van der Waals surface area contributed by atoms with Crippen molar-refractivity contribution >= 4 is 95.3 Å². The summed E-state index contributed by atoms with van der Waals surface area (Å²) in [6.07, 6.45) is 0. The molecule has 1 aliphatic rings. The number of benzene rings is 9. The van der Waals surface area contributed by atoms with Crippen molar-refractivity contribution in [1.29, 1.82) is 0 Å². The van der Waals surface area contributed by atoms with Crippen LogP contribution in [0.25, 0.3) is 106 Å². The molecular formula is C51H32S2. The van der Waals surface area contributed by atoms with Crippen LogP contribution in [-0.2, 0) is 5.41 Å². The van der Waals surface area contributed by atoms with Gasteiger partial charge in [0.05, 0.1) is 9.40 Å². The lowest BCUT2D eigenvalue weighted by atomic mass is 9.80. The van der Waals surface area contributed by atoms with Crippen molar-refractivity contribution in [3.63, 3.8) is 0 Å². The maximum Gasteiger partial charge on any atom is 0.0540 e. The quantitative estimate of drug-likeness (QED) is 0.157. The summed E-state index contributed by atoms with van der Waals surface area (Å²) >= 11 is 3.89. The molecule has 2 heterocycles. The van der Waals surface area contributed by atoms with E-state index in [2.05, 4.69) is 172 Å². The van der Waals surface area contributed by atoms with E-state index in [4.69, 9.17) is 0 Å². The maximum atomic E-state index is 2.54. The van der Waals surface area contributed by atoms with Gasteiger partial charge in [-0.15, -0.1) is 22.7 Å². The molecule has 0 aliphatic heterocycles. The van der Waals surface area contributed by atoms with E-state index < -0.39 is 0 Å². The summed E-state index contributed by atoms with van der Waals surface area (Å²) in [5.41, 5.74) is 10.7. The predicted molar refractivity (Wildman–Crippen MR) is 233 cm³/mol. The Morgan fingerprint density at radius 1 is 0.377 bits per heavy atom. The lowest BCUT2D eigenvalue weighted by molar-refractivity contribution is 0.660. The molecule has 1 aliphatic carbocycles. The molecule has 0 unspecified atom stereocenters. The third-order valence-corrected chi connectivity index (χ3v) is 14.5. The minimum Gasteiger partial charge on any atom is -0.134 e. The average Bonchev–Trinajstić information content (AvgIpc) is 3.83. The molecule has 9 aromatic carbocycles. The second kappa shape index (κ2) is 10.6. The summed E-state index contributed by atoms with van der Waals surface area (Å²) in [5.74, 6) is 0. The Morgan fingerprint density at radius 3 is 1.72 bits per heavy atom. The van der Waals surface area contributed by atoms with E-state index in [1.807, 2.05) is 22.7 Å². The third kappa shape index (κ3) is 4.00. The molecule has 2 heteroatoms. The Bertz CT molecular complexity index is 3310. The van der Waals surface area contributed by atoms with Gasteiger partial charge in [-0.25, -0.2) is 0 Å². The number of fused-ring (bicyclic) bond motifs is 13. The van der Waals surface area contributed by atoms with Gasteiger partial charge in [-0.1, -0.05) is 141 Å². The van der Waals surface area contributed by atoms with E-state index >= 15 is 0 Å². The molecular weight excluding hydrogens is 677 g/mol. The minimum atomic E-state index is -0.0663. The molecule has 0 saturated carbocycles. The van der Waals surface area contributed by atoms with Crippen molar-refractivity contribution in [1.82, 2.24) is 0 Å². The van der Waals surface area contributed by atoms with Gasteiger partial charge in [0.2, 0.25) is 0 Å². The van der Waals surface area contributed by atoms with E-state index in [9.17, 15) is 0 Å². The Hall–Kier alpha value is -5.80. The van der Waals surface area contributed by atoms with Crippen molar-refractivity contribution in [2.45, 2.75) is 19.3 Å². The summed E-state index contributed by atoms with van der Waals surface area (Å²) in [6.45, 7) is 4.76. The molecule has 0 bridgehead atoms. The van der Waals surface area contributed by atoms with Crippen molar-refractivity contribution in [2.75, 3.05) is 0 Å². The number of thiophene rings is 2. The Kier molecular flexibility index (Phi) is 5.97. The van der Waals surface area contributed by atoms with Crippen LogP contribution >= 0.6 is 22.7 Å². The van der Waals surface area contributed by atoms with Crippen molar-refractivity contribution in [3.8, 4) is 33.4 Å². The van der Waals surface area contributed by atoms with Crippen LogP contribution in [0.1, 0.15) is 25.0 Å². The Balaban J connectivity index is 1.21. The summed E-state index contributed by atoms with van der Waals surface area (Å²) in [5, 5.41) is 13.2. The Morgan fingerprint density at radius 2 is 0.962 bits per heavy atom. The van der Waals surface area contributed by atoms with Crippen LogP contribution < -0.4 is 0 Å². The highest BCUT2D eigenvalue weighted by molar-refractivity contribution is 7.33. The normalized spacial score (nSPS) is 13.6. The fourth-order valence-corrected chi connectivity index (χ4v) is 12.2. The first-order valence-corrected chi connectivity index (χ1v) is 20.1. The minimum absolute atomic E-state index is 0.0663. The van der Waals surface area contributed by atoms with E-state index in [0.717, 1.165) is 0 Å². The molecule has 0 radical (unpaired) electrons. The fourth-order valence-electron chi connectivity index (χ4n) is 9.59. The zero-order valence-corrected chi connectivity index (χ0v) is 31.0. The van der Waals surface area contributed by atoms with Gasteiger partial charge in [0.1, 0.15) is 0 Å². The van der Waals surface area contributed by atoms with Gasteiger partial charge in [0, 0.05) is 36.4 Å². The zero-order chi connectivity index (χ0) is 35.0.